The first-order valence-corrected chi connectivity index (χ1v) is 17.6. The number of thioether (sulfide) groups is 1. The molecule has 0 aliphatic carbocycles. The summed E-state index contributed by atoms with van der Waals surface area (Å²) in [5, 5.41) is 8.76. The third-order valence-electron chi connectivity index (χ3n) is 7.54. The molecule has 0 saturated carbocycles. The van der Waals surface area contributed by atoms with Crippen molar-refractivity contribution in [2.45, 2.75) is 30.6 Å². The lowest BCUT2D eigenvalue weighted by atomic mass is 10.1. The lowest BCUT2D eigenvalue weighted by molar-refractivity contribution is -0.115. The van der Waals surface area contributed by atoms with Crippen molar-refractivity contribution >= 4 is 67.9 Å². The summed E-state index contributed by atoms with van der Waals surface area (Å²) in [6.45, 7) is 4.29. The Labute approximate surface area is 298 Å². The maximum Gasteiger partial charge on any atom is 0.272 e. The maximum absolute atomic E-state index is 13.5. The van der Waals surface area contributed by atoms with Crippen LogP contribution in [-0.2, 0) is 16.2 Å². The van der Waals surface area contributed by atoms with Crippen LogP contribution in [0, 0.1) is 6.92 Å². The number of benzene rings is 5. The molecule has 1 atom stereocenters. The zero-order chi connectivity index (χ0) is 34.9. The summed E-state index contributed by atoms with van der Waals surface area (Å²) in [6, 6.07) is 39.1. The molecule has 1 unspecified atom stereocenters. The molecule has 0 aliphatic rings. The molecule has 0 saturated heterocycles. The Balaban J connectivity index is 1.10. The minimum Gasteiger partial charge on any atom is -0.489 e. The van der Waals surface area contributed by atoms with Crippen molar-refractivity contribution in [3.8, 4) is 5.75 Å². The molecule has 1 heterocycles. The van der Waals surface area contributed by atoms with Crippen molar-refractivity contribution < 1.29 is 19.1 Å². The van der Waals surface area contributed by atoms with E-state index in [1.54, 1.807) is 42.5 Å². The number of amides is 3. The van der Waals surface area contributed by atoms with E-state index in [2.05, 4.69) is 27.0 Å². The molecule has 3 N–H and O–H groups in total. The highest BCUT2D eigenvalue weighted by molar-refractivity contribution is 8.00. The quantitative estimate of drug-likeness (QED) is 0.0872. The number of aryl methyl sites for hydroxylation is 1. The molecule has 6 aromatic rings. The summed E-state index contributed by atoms with van der Waals surface area (Å²) in [7, 11) is 0. The molecule has 3 amide bonds. The second kappa shape index (κ2) is 16.1. The fourth-order valence-corrected chi connectivity index (χ4v) is 6.71. The van der Waals surface area contributed by atoms with Gasteiger partial charge in [0.25, 0.3) is 11.8 Å². The predicted octanol–water partition coefficient (Wildman–Crippen LogP) is 8.71. The van der Waals surface area contributed by atoms with E-state index >= 15 is 0 Å². The summed E-state index contributed by atoms with van der Waals surface area (Å²) < 4.78 is 6.92. The number of carbonyl (C=O) groups is 3. The van der Waals surface area contributed by atoms with E-state index in [4.69, 9.17) is 4.74 Å². The van der Waals surface area contributed by atoms with E-state index in [-0.39, 0.29) is 16.9 Å². The van der Waals surface area contributed by atoms with E-state index in [0.29, 0.717) is 34.3 Å². The first-order chi connectivity index (χ1) is 24.3. The summed E-state index contributed by atoms with van der Waals surface area (Å²) >= 11 is 2.85. The molecule has 50 heavy (non-hydrogen) atoms. The van der Waals surface area contributed by atoms with Gasteiger partial charge in [-0.3, -0.25) is 14.4 Å². The average molecular weight is 699 g/mol. The van der Waals surface area contributed by atoms with E-state index in [1.807, 2.05) is 98.8 Å². The van der Waals surface area contributed by atoms with Gasteiger partial charge in [-0.25, -0.2) is 4.98 Å². The number of carbonyl (C=O) groups excluding carboxylic acids is 3. The molecule has 1 aromatic heterocycles. The topological polar surface area (TPSA) is 109 Å². The van der Waals surface area contributed by atoms with E-state index in [1.165, 1.54) is 23.1 Å². The highest BCUT2D eigenvalue weighted by atomic mass is 32.2. The normalized spacial score (nSPS) is 11.8. The standard InChI is InChI=1S/C40H34N4O4S2/c1-26-13-22-34-36(23-26)50-40(43-34)44-37(45)27(2)49-33-20-16-31(17-21-33)41-39(47)35(42-38(46)30-11-7-4-8-12-30)24-28-14-18-32(19-15-28)48-25-29-9-5-3-6-10-29/h3-24,27H,25H2,1-2H3,(H,41,47)(H,42,46)(H,43,44,45)/b35-24-. The molecule has 0 fully saturated rings. The van der Waals surface area contributed by atoms with Crippen LogP contribution in [0.15, 0.2) is 138 Å². The Hall–Kier alpha value is -5.71. The third kappa shape index (κ3) is 9.25. The zero-order valence-electron chi connectivity index (χ0n) is 27.4. The number of rotatable bonds is 12. The van der Waals surface area contributed by atoms with Gasteiger partial charge in [0.15, 0.2) is 5.13 Å². The summed E-state index contributed by atoms with van der Waals surface area (Å²) in [6.07, 6.45) is 1.62. The first kappa shape index (κ1) is 34.2. The van der Waals surface area contributed by atoms with Crippen molar-refractivity contribution in [3.05, 3.63) is 155 Å². The van der Waals surface area contributed by atoms with Crippen LogP contribution in [0.1, 0.15) is 34.0 Å². The lowest BCUT2D eigenvalue weighted by Crippen LogP contribution is -2.30. The Morgan fingerprint density at radius 1 is 0.840 bits per heavy atom. The smallest absolute Gasteiger partial charge is 0.272 e. The van der Waals surface area contributed by atoms with Crippen molar-refractivity contribution in [3.63, 3.8) is 0 Å². The van der Waals surface area contributed by atoms with Crippen LogP contribution >= 0.6 is 23.1 Å². The number of aromatic nitrogens is 1. The molecule has 0 bridgehead atoms. The molecule has 0 aliphatic heterocycles. The summed E-state index contributed by atoms with van der Waals surface area (Å²) in [5.41, 5.74) is 4.79. The fraction of sp³-hybridized carbons (Fsp3) is 0.100. The van der Waals surface area contributed by atoms with E-state index < -0.39 is 11.8 Å². The number of thiazole rings is 1. The van der Waals surface area contributed by atoms with Gasteiger partial charge in [0.2, 0.25) is 5.91 Å². The molecular formula is C40H34N4O4S2. The van der Waals surface area contributed by atoms with Crippen molar-refractivity contribution in [1.82, 2.24) is 10.3 Å². The average Bonchev–Trinajstić information content (AvgIpc) is 3.53. The fourth-order valence-electron chi connectivity index (χ4n) is 4.88. The zero-order valence-corrected chi connectivity index (χ0v) is 29.0. The molecular weight excluding hydrogens is 665 g/mol. The van der Waals surface area contributed by atoms with Crippen molar-refractivity contribution in [2.24, 2.45) is 0 Å². The van der Waals surface area contributed by atoms with Crippen molar-refractivity contribution in [1.29, 1.82) is 0 Å². The van der Waals surface area contributed by atoms with Gasteiger partial charge in [-0.15, -0.1) is 11.8 Å². The molecule has 0 radical (unpaired) electrons. The van der Waals surface area contributed by atoms with Crippen LogP contribution in [0.5, 0.6) is 5.75 Å². The Morgan fingerprint density at radius 3 is 2.26 bits per heavy atom. The summed E-state index contributed by atoms with van der Waals surface area (Å²) in [5.74, 6) is -0.363. The van der Waals surface area contributed by atoms with Crippen LogP contribution < -0.4 is 20.7 Å². The number of nitrogens with zero attached hydrogens (tertiary/aromatic N) is 1. The Morgan fingerprint density at radius 2 is 1.54 bits per heavy atom. The minimum atomic E-state index is -0.488. The molecule has 10 heteroatoms. The number of hydrogen-bond donors (Lipinski definition) is 3. The van der Waals surface area contributed by atoms with Crippen molar-refractivity contribution in [2.75, 3.05) is 10.6 Å². The molecule has 8 nitrogen and oxygen atoms in total. The number of nitrogens with one attached hydrogen (secondary N) is 3. The Bertz CT molecular complexity index is 2130. The molecule has 5 aromatic carbocycles. The van der Waals surface area contributed by atoms with Gasteiger partial charge >= 0.3 is 0 Å². The first-order valence-electron chi connectivity index (χ1n) is 15.9. The number of hydrogen-bond acceptors (Lipinski definition) is 7. The van der Waals surface area contributed by atoms with Crippen LogP contribution in [0.2, 0.25) is 0 Å². The van der Waals surface area contributed by atoms with Crippen LogP contribution in [0.4, 0.5) is 10.8 Å². The van der Waals surface area contributed by atoms with Crippen LogP contribution in [-0.4, -0.2) is 28.0 Å². The van der Waals surface area contributed by atoms with Gasteiger partial charge < -0.3 is 20.7 Å². The van der Waals surface area contributed by atoms with Crippen LogP contribution in [0.3, 0.4) is 0 Å². The highest BCUT2D eigenvalue weighted by Gasteiger charge is 2.18. The van der Waals surface area contributed by atoms with Gasteiger partial charge in [-0.2, -0.15) is 0 Å². The molecule has 6 rings (SSSR count). The van der Waals surface area contributed by atoms with Gasteiger partial charge in [0.05, 0.1) is 15.5 Å². The van der Waals surface area contributed by atoms with Gasteiger partial charge in [0.1, 0.15) is 18.1 Å². The lowest BCUT2D eigenvalue weighted by Gasteiger charge is -2.13. The maximum atomic E-state index is 13.5. The molecule has 0 spiro atoms. The van der Waals surface area contributed by atoms with Gasteiger partial charge in [0, 0.05) is 16.1 Å². The van der Waals surface area contributed by atoms with Crippen LogP contribution in [0.25, 0.3) is 16.3 Å². The predicted molar refractivity (Wildman–Crippen MR) is 202 cm³/mol. The minimum absolute atomic E-state index is 0.0746. The Kier molecular flexibility index (Phi) is 11.0. The monoisotopic (exact) mass is 698 g/mol. The number of anilines is 2. The number of fused-ring (bicyclic) bond motifs is 1. The molecule has 250 valence electrons. The van der Waals surface area contributed by atoms with Gasteiger partial charge in [-0.05, 0) is 97.3 Å². The third-order valence-corrected chi connectivity index (χ3v) is 9.58. The SMILES string of the molecule is Cc1ccc2nc(NC(=O)C(C)Sc3ccc(NC(=O)/C(=C/c4ccc(OCc5ccccc5)cc4)NC(=O)c4ccccc4)cc3)sc2c1. The number of ether oxygens (including phenoxy) is 1. The van der Waals surface area contributed by atoms with E-state index in [9.17, 15) is 14.4 Å². The second-order valence-corrected chi connectivity index (χ2v) is 13.9. The summed E-state index contributed by atoms with van der Waals surface area (Å²) in [4.78, 5) is 44.9. The second-order valence-electron chi connectivity index (χ2n) is 11.4. The highest BCUT2D eigenvalue weighted by Crippen LogP contribution is 2.29. The van der Waals surface area contributed by atoms with E-state index in [0.717, 1.165) is 26.2 Å². The van der Waals surface area contributed by atoms with Gasteiger partial charge in [-0.1, -0.05) is 78.1 Å². The largest absolute Gasteiger partial charge is 0.489 e.